The van der Waals surface area contributed by atoms with Crippen LogP contribution in [0.15, 0.2) is 6.20 Å². The Bertz CT molecular complexity index is 736. The molecule has 1 atom stereocenters. The van der Waals surface area contributed by atoms with Gasteiger partial charge in [0.25, 0.3) is 5.91 Å². The summed E-state index contributed by atoms with van der Waals surface area (Å²) in [5.74, 6) is 0.498. The Kier molecular flexibility index (Phi) is 7.64. The van der Waals surface area contributed by atoms with Crippen molar-refractivity contribution in [2.45, 2.75) is 82.6 Å². The van der Waals surface area contributed by atoms with Crippen molar-refractivity contribution in [3.8, 4) is 0 Å². The molecule has 0 unspecified atom stereocenters. The highest BCUT2D eigenvalue weighted by molar-refractivity contribution is 5.95. The molecule has 3 aliphatic rings. The van der Waals surface area contributed by atoms with E-state index in [1.165, 1.54) is 45.2 Å². The lowest BCUT2D eigenvalue weighted by Crippen LogP contribution is -2.41. The number of hydrogen-bond donors (Lipinski definition) is 1. The number of likely N-dealkylation sites (tertiary alicyclic amines) is 2. The molecule has 1 aliphatic carbocycles. The SMILES string of the molecule is CN(C(=O)c1cn[nH]c1[C@H]1CCCN(C(=O)CCCN2CCCC2)C1)C1CCCCC1. The van der Waals surface area contributed by atoms with E-state index in [0.717, 1.165) is 50.9 Å². The second kappa shape index (κ2) is 10.6. The summed E-state index contributed by atoms with van der Waals surface area (Å²) in [7, 11) is 1.94. The molecule has 1 N–H and O–H groups in total. The van der Waals surface area contributed by atoms with Gasteiger partial charge in [-0.25, -0.2) is 0 Å². The fraction of sp³-hybridized carbons (Fsp3) is 0.792. The van der Waals surface area contributed by atoms with Crippen LogP contribution in [0, 0.1) is 0 Å². The van der Waals surface area contributed by atoms with Crippen LogP contribution in [-0.2, 0) is 4.79 Å². The number of rotatable bonds is 7. The van der Waals surface area contributed by atoms with Gasteiger partial charge in [-0.15, -0.1) is 0 Å². The summed E-state index contributed by atoms with van der Waals surface area (Å²) in [6.07, 6.45) is 13.7. The van der Waals surface area contributed by atoms with Crippen LogP contribution in [0.5, 0.6) is 0 Å². The minimum absolute atomic E-state index is 0.0738. The van der Waals surface area contributed by atoms with Gasteiger partial charge in [0.2, 0.25) is 5.91 Å². The van der Waals surface area contributed by atoms with E-state index in [2.05, 4.69) is 15.1 Å². The molecule has 2 saturated heterocycles. The average Bonchev–Trinajstić information content (AvgIpc) is 3.51. The molecule has 1 aromatic rings. The Morgan fingerprint density at radius 1 is 1.06 bits per heavy atom. The van der Waals surface area contributed by atoms with E-state index < -0.39 is 0 Å². The lowest BCUT2D eigenvalue weighted by Gasteiger charge is -2.34. The first-order valence-electron chi connectivity index (χ1n) is 12.4. The number of nitrogens with zero attached hydrogens (tertiary/aromatic N) is 4. The molecule has 1 aromatic heterocycles. The smallest absolute Gasteiger partial charge is 0.257 e. The van der Waals surface area contributed by atoms with Gasteiger partial charge in [-0.1, -0.05) is 19.3 Å². The minimum Gasteiger partial charge on any atom is -0.342 e. The van der Waals surface area contributed by atoms with Gasteiger partial charge in [-0.3, -0.25) is 14.7 Å². The van der Waals surface area contributed by atoms with Crippen LogP contribution in [0.1, 0.15) is 92.6 Å². The number of carbonyl (C=O) groups excluding carboxylic acids is 2. The number of carbonyl (C=O) groups is 2. The predicted molar refractivity (Wildman–Crippen MR) is 121 cm³/mol. The zero-order valence-electron chi connectivity index (χ0n) is 19.2. The van der Waals surface area contributed by atoms with E-state index in [0.29, 0.717) is 24.6 Å². The summed E-state index contributed by atoms with van der Waals surface area (Å²) in [5, 5.41) is 7.34. The van der Waals surface area contributed by atoms with E-state index in [1.54, 1.807) is 6.20 Å². The molecule has 4 rings (SSSR count). The van der Waals surface area contributed by atoms with Gasteiger partial charge >= 0.3 is 0 Å². The second-order valence-electron chi connectivity index (χ2n) is 9.74. The number of aromatic nitrogens is 2. The van der Waals surface area contributed by atoms with Crippen LogP contribution in [0.2, 0.25) is 0 Å². The first-order chi connectivity index (χ1) is 15.1. The molecule has 172 valence electrons. The van der Waals surface area contributed by atoms with E-state index in [1.807, 2.05) is 16.8 Å². The Balaban J connectivity index is 1.33. The monoisotopic (exact) mass is 429 g/mol. The molecule has 0 spiro atoms. The maximum atomic E-state index is 13.2. The van der Waals surface area contributed by atoms with Gasteiger partial charge < -0.3 is 14.7 Å². The van der Waals surface area contributed by atoms with Gasteiger partial charge in [-0.2, -0.15) is 5.10 Å². The lowest BCUT2D eigenvalue weighted by molar-refractivity contribution is -0.132. The van der Waals surface area contributed by atoms with Crippen molar-refractivity contribution in [1.29, 1.82) is 0 Å². The molecule has 0 radical (unpaired) electrons. The highest BCUT2D eigenvalue weighted by atomic mass is 16.2. The third-order valence-corrected chi connectivity index (χ3v) is 7.59. The van der Waals surface area contributed by atoms with Crippen LogP contribution in [-0.4, -0.2) is 82.5 Å². The highest BCUT2D eigenvalue weighted by Crippen LogP contribution is 2.30. The molecule has 2 amide bonds. The second-order valence-corrected chi connectivity index (χ2v) is 9.74. The van der Waals surface area contributed by atoms with Crippen LogP contribution in [0.4, 0.5) is 0 Å². The largest absolute Gasteiger partial charge is 0.342 e. The molecule has 31 heavy (non-hydrogen) atoms. The molecule has 3 fully saturated rings. The Labute approximate surface area is 186 Å². The minimum atomic E-state index is 0.0738. The molecule has 1 saturated carbocycles. The van der Waals surface area contributed by atoms with Crippen LogP contribution in [0.3, 0.4) is 0 Å². The van der Waals surface area contributed by atoms with Gasteiger partial charge in [0, 0.05) is 38.5 Å². The number of aromatic amines is 1. The van der Waals surface area contributed by atoms with E-state index in [9.17, 15) is 9.59 Å². The van der Waals surface area contributed by atoms with Crippen molar-refractivity contribution in [2.75, 3.05) is 39.8 Å². The van der Waals surface area contributed by atoms with Gasteiger partial charge in [0.1, 0.15) is 0 Å². The maximum absolute atomic E-state index is 13.2. The van der Waals surface area contributed by atoms with Gasteiger partial charge in [0.05, 0.1) is 17.5 Å². The fourth-order valence-electron chi connectivity index (χ4n) is 5.66. The predicted octanol–water partition coefficient (Wildman–Crippen LogP) is 3.40. The maximum Gasteiger partial charge on any atom is 0.257 e. The molecule has 2 aliphatic heterocycles. The first-order valence-corrected chi connectivity index (χ1v) is 12.4. The highest BCUT2D eigenvalue weighted by Gasteiger charge is 2.31. The van der Waals surface area contributed by atoms with Gasteiger partial charge in [0.15, 0.2) is 0 Å². The molecule has 3 heterocycles. The standard InChI is InChI=1S/C24H39N5O2/c1-27(20-10-3-2-4-11-20)24(31)21-17-25-26-23(21)19-9-7-16-29(18-19)22(30)12-8-15-28-13-5-6-14-28/h17,19-20H,2-16,18H2,1H3,(H,25,26)/t19-/m0/s1. The van der Waals surface area contributed by atoms with E-state index in [-0.39, 0.29) is 17.7 Å². The summed E-state index contributed by atoms with van der Waals surface area (Å²) in [6, 6.07) is 0.337. The zero-order valence-corrected chi connectivity index (χ0v) is 19.2. The van der Waals surface area contributed by atoms with Crippen molar-refractivity contribution < 1.29 is 9.59 Å². The normalized spacial score (nSPS) is 23.3. The van der Waals surface area contributed by atoms with E-state index in [4.69, 9.17) is 0 Å². The molecular weight excluding hydrogens is 390 g/mol. The van der Waals surface area contributed by atoms with Crippen LogP contribution < -0.4 is 0 Å². The molecule has 0 bridgehead atoms. The summed E-state index contributed by atoms with van der Waals surface area (Å²) >= 11 is 0. The molecule has 7 heteroatoms. The number of H-pyrrole nitrogens is 1. The molecule has 0 aromatic carbocycles. The van der Waals surface area contributed by atoms with Crippen molar-refractivity contribution in [3.63, 3.8) is 0 Å². The number of piperidine rings is 1. The Hall–Kier alpha value is -1.89. The van der Waals surface area contributed by atoms with Crippen molar-refractivity contribution in [2.24, 2.45) is 0 Å². The topological polar surface area (TPSA) is 72.5 Å². The number of hydrogen-bond acceptors (Lipinski definition) is 4. The van der Waals surface area contributed by atoms with Crippen LogP contribution >= 0.6 is 0 Å². The summed E-state index contributed by atoms with van der Waals surface area (Å²) in [6.45, 7) is 4.93. The molecular formula is C24H39N5O2. The van der Waals surface area contributed by atoms with Crippen molar-refractivity contribution in [1.82, 2.24) is 24.9 Å². The third-order valence-electron chi connectivity index (χ3n) is 7.59. The quantitative estimate of drug-likeness (QED) is 0.721. The average molecular weight is 430 g/mol. The lowest BCUT2D eigenvalue weighted by atomic mass is 9.91. The van der Waals surface area contributed by atoms with Crippen molar-refractivity contribution >= 4 is 11.8 Å². The van der Waals surface area contributed by atoms with Crippen LogP contribution in [0.25, 0.3) is 0 Å². The van der Waals surface area contributed by atoms with Crippen molar-refractivity contribution in [3.05, 3.63) is 17.5 Å². The zero-order chi connectivity index (χ0) is 21.6. The van der Waals surface area contributed by atoms with Gasteiger partial charge in [-0.05, 0) is 64.6 Å². The number of amides is 2. The summed E-state index contributed by atoms with van der Waals surface area (Å²) in [5.41, 5.74) is 1.61. The molecule has 7 nitrogen and oxygen atoms in total. The summed E-state index contributed by atoms with van der Waals surface area (Å²) < 4.78 is 0. The summed E-state index contributed by atoms with van der Waals surface area (Å²) in [4.78, 5) is 32.5. The van der Waals surface area contributed by atoms with E-state index >= 15 is 0 Å². The fourth-order valence-corrected chi connectivity index (χ4v) is 5.66. The first kappa shape index (κ1) is 22.3. The third kappa shape index (κ3) is 5.48. The Morgan fingerprint density at radius 2 is 1.84 bits per heavy atom. The Morgan fingerprint density at radius 3 is 2.61 bits per heavy atom. The number of nitrogens with one attached hydrogen (secondary N) is 1.